The minimum Gasteiger partial charge on any atom is -0.494 e. The van der Waals surface area contributed by atoms with Crippen molar-refractivity contribution in [1.29, 1.82) is 0 Å². The maximum Gasteiger partial charge on any atom is 0.121 e. The number of nitrogens with one attached hydrogen (secondary N) is 1. The Balaban J connectivity index is 2.35. The largest absolute Gasteiger partial charge is 0.494 e. The van der Waals surface area contributed by atoms with Crippen molar-refractivity contribution in [3.8, 4) is 5.75 Å². The van der Waals surface area contributed by atoms with Crippen molar-refractivity contribution >= 4 is 5.69 Å². The number of unbranched alkanes of at least 4 members (excludes halogenated alkanes) is 1. The van der Waals surface area contributed by atoms with Gasteiger partial charge in [-0.05, 0) is 31.6 Å². The molecule has 0 aliphatic rings. The summed E-state index contributed by atoms with van der Waals surface area (Å²) in [4.78, 5) is 2.41. The molecule has 3 heteroatoms. The fraction of sp³-hybridized carbons (Fsp3) is 0.625. The van der Waals surface area contributed by atoms with Gasteiger partial charge < -0.3 is 15.0 Å². The van der Waals surface area contributed by atoms with Gasteiger partial charge in [0.25, 0.3) is 0 Å². The normalized spacial score (nSPS) is 10.7. The Labute approximate surface area is 118 Å². The maximum atomic E-state index is 5.71. The number of hydrogen-bond donors (Lipinski definition) is 1. The Bertz CT molecular complexity index is 337. The molecule has 0 heterocycles. The third kappa shape index (κ3) is 6.48. The average Bonchev–Trinajstić information content (AvgIpc) is 2.44. The minimum atomic E-state index is 0.805. The summed E-state index contributed by atoms with van der Waals surface area (Å²) in [6.07, 6.45) is 2.28. The Morgan fingerprint density at radius 1 is 1.16 bits per heavy atom. The fourth-order valence-corrected chi connectivity index (χ4v) is 1.93. The molecule has 0 saturated heterocycles. The highest BCUT2D eigenvalue weighted by molar-refractivity contribution is 5.48. The third-order valence-electron chi connectivity index (χ3n) is 3.25. The SMILES string of the molecule is CCCCOc1cccc(NCCN(CC)CC)c1. The van der Waals surface area contributed by atoms with Gasteiger partial charge >= 0.3 is 0 Å². The molecule has 0 aromatic heterocycles. The molecule has 0 radical (unpaired) electrons. The summed E-state index contributed by atoms with van der Waals surface area (Å²) in [6, 6.07) is 8.24. The third-order valence-corrected chi connectivity index (χ3v) is 3.25. The summed E-state index contributed by atoms with van der Waals surface area (Å²) < 4.78 is 5.71. The molecule has 0 fully saturated rings. The summed E-state index contributed by atoms with van der Waals surface area (Å²) >= 11 is 0. The zero-order chi connectivity index (χ0) is 13.9. The molecule has 1 N–H and O–H groups in total. The van der Waals surface area contributed by atoms with Crippen LogP contribution in [0.2, 0.25) is 0 Å². The standard InChI is InChI=1S/C16H28N2O/c1-4-7-13-19-16-10-8-9-15(14-16)17-11-12-18(5-2)6-3/h8-10,14,17H,4-7,11-13H2,1-3H3. The lowest BCUT2D eigenvalue weighted by atomic mass is 10.3. The molecule has 0 aliphatic heterocycles. The van der Waals surface area contributed by atoms with E-state index >= 15 is 0 Å². The molecule has 0 atom stereocenters. The lowest BCUT2D eigenvalue weighted by Gasteiger charge is -2.18. The second-order valence-corrected chi connectivity index (χ2v) is 4.68. The lowest BCUT2D eigenvalue weighted by molar-refractivity contribution is 0.309. The minimum absolute atomic E-state index is 0.805. The van der Waals surface area contributed by atoms with E-state index in [4.69, 9.17) is 4.74 Å². The molecule has 1 aromatic rings. The van der Waals surface area contributed by atoms with Gasteiger partial charge in [-0.2, -0.15) is 0 Å². The van der Waals surface area contributed by atoms with Crippen LogP contribution in [0.4, 0.5) is 5.69 Å². The molecule has 0 spiro atoms. The average molecular weight is 264 g/mol. The van der Waals surface area contributed by atoms with E-state index in [-0.39, 0.29) is 0 Å². The van der Waals surface area contributed by atoms with Crippen LogP contribution in [-0.4, -0.2) is 37.7 Å². The first-order valence-corrected chi connectivity index (χ1v) is 7.49. The monoisotopic (exact) mass is 264 g/mol. The van der Waals surface area contributed by atoms with Crippen molar-refractivity contribution in [3.05, 3.63) is 24.3 Å². The summed E-state index contributed by atoms with van der Waals surface area (Å²) in [5.41, 5.74) is 1.14. The number of anilines is 1. The first kappa shape index (κ1) is 15.8. The number of likely N-dealkylation sites (N-methyl/N-ethyl adjacent to an activating group) is 1. The van der Waals surface area contributed by atoms with Gasteiger partial charge in [0.1, 0.15) is 5.75 Å². The molecule has 19 heavy (non-hydrogen) atoms. The molecular formula is C16H28N2O. The molecule has 1 aromatic carbocycles. The highest BCUT2D eigenvalue weighted by Crippen LogP contribution is 2.17. The predicted octanol–water partition coefficient (Wildman–Crippen LogP) is 3.62. The van der Waals surface area contributed by atoms with Gasteiger partial charge in [0.15, 0.2) is 0 Å². The lowest BCUT2D eigenvalue weighted by Crippen LogP contribution is -2.28. The fourth-order valence-electron chi connectivity index (χ4n) is 1.93. The van der Waals surface area contributed by atoms with Crippen LogP contribution in [0.15, 0.2) is 24.3 Å². The quantitative estimate of drug-likeness (QED) is 0.653. The Morgan fingerprint density at radius 3 is 2.63 bits per heavy atom. The van der Waals surface area contributed by atoms with Crippen LogP contribution in [-0.2, 0) is 0 Å². The van der Waals surface area contributed by atoms with Crippen LogP contribution in [0.3, 0.4) is 0 Å². The zero-order valence-electron chi connectivity index (χ0n) is 12.6. The summed E-state index contributed by atoms with van der Waals surface area (Å²) in [5.74, 6) is 0.960. The van der Waals surface area contributed by atoms with Gasteiger partial charge in [-0.25, -0.2) is 0 Å². The van der Waals surface area contributed by atoms with Gasteiger partial charge in [0.05, 0.1) is 6.61 Å². The summed E-state index contributed by atoms with van der Waals surface area (Å²) in [6.45, 7) is 11.6. The molecule has 108 valence electrons. The molecule has 1 rings (SSSR count). The second-order valence-electron chi connectivity index (χ2n) is 4.68. The van der Waals surface area contributed by atoms with Gasteiger partial charge in [0.2, 0.25) is 0 Å². The maximum absolute atomic E-state index is 5.71. The Kier molecular flexibility index (Phi) is 8.07. The Hall–Kier alpha value is -1.22. The van der Waals surface area contributed by atoms with Gasteiger partial charge in [0, 0.05) is 24.8 Å². The molecule has 3 nitrogen and oxygen atoms in total. The number of hydrogen-bond acceptors (Lipinski definition) is 3. The first-order valence-electron chi connectivity index (χ1n) is 7.49. The Morgan fingerprint density at radius 2 is 1.95 bits per heavy atom. The van der Waals surface area contributed by atoms with Crippen LogP contribution >= 0.6 is 0 Å². The molecule has 0 aliphatic carbocycles. The van der Waals surface area contributed by atoms with Crippen LogP contribution in [0.5, 0.6) is 5.75 Å². The van der Waals surface area contributed by atoms with Crippen LogP contribution in [0, 0.1) is 0 Å². The van der Waals surface area contributed by atoms with Crippen molar-refractivity contribution in [2.75, 3.05) is 38.1 Å². The van der Waals surface area contributed by atoms with E-state index in [1.807, 2.05) is 12.1 Å². The highest BCUT2D eigenvalue weighted by Gasteiger charge is 1.99. The highest BCUT2D eigenvalue weighted by atomic mass is 16.5. The van der Waals surface area contributed by atoms with E-state index in [9.17, 15) is 0 Å². The smallest absolute Gasteiger partial charge is 0.121 e. The molecule has 0 bridgehead atoms. The van der Waals surface area contributed by atoms with Crippen molar-refractivity contribution in [1.82, 2.24) is 4.90 Å². The van der Waals surface area contributed by atoms with Gasteiger partial charge in [-0.1, -0.05) is 33.3 Å². The number of nitrogens with zero attached hydrogens (tertiary/aromatic N) is 1. The van der Waals surface area contributed by atoms with Crippen molar-refractivity contribution in [2.45, 2.75) is 33.6 Å². The molecule has 0 unspecified atom stereocenters. The van der Waals surface area contributed by atoms with E-state index in [1.165, 1.54) is 6.42 Å². The van der Waals surface area contributed by atoms with E-state index in [0.29, 0.717) is 0 Å². The van der Waals surface area contributed by atoms with Gasteiger partial charge in [-0.15, -0.1) is 0 Å². The first-order chi connectivity index (χ1) is 9.30. The number of benzene rings is 1. The van der Waals surface area contributed by atoms with Crippen molar-refractivity contribution in [2.24, 2.45) is 0 Å². The van der Waals surface area contributed by atoms with Crippen LogP contribution in [0.25, 0.3) is 0 Å². The molecule has 0 amide bonds. The zero-order valence-corrected chi connectivity index (χ0v) is 12.6. The van der Waals surface area contributed by atoms with E-state index in [1.54, 1.807) is 0 Å². The summed E-state index contributed by atoms with van der Waals surface area (Å²) in [7, 11) is 0. The van der Waals surface area contributed by atoms with Crippen LogP contribution in [0.1, 0.15) is 33.6 Å². The summed E-state index contributed by atoms with van der Waals surface area (Å²) in [5, 5.41) is 3.45. The molecule has 0 saturated carbocycles. The molecular weight excluding hydrogens is 236 g/mol. The van der Waals surface area contributed by atoms with Crippen molar-refractivity contribution in [3.63, 3.8) is 0 Å². The second kappa shape index (κ2) is 9.68. The van der Waals surface area contributed by atoms with E-state index in [0.717, 1.165) is 50.6 Å². The van der Waals surface area contributed by atoms with E-state index < -0.39 is 0 Å². The van der Waals surface area contributed by atoms with Crippen molar-refractivity contribution < 1.29 is 4.74 Å². The number of rotatable bonds is 10. The van der Waals surface area contributed by atoms with E-state index in [2.05, 4.69) is 43.1 Å². The topological polar surface area (TPSA) is 24.5 Å². The predicted molar refractivity (Wildman–Crippen MR) is 83.1 cm³/mol. The van der Waals surface area contributed by atoms with Crippen LogP contribution < -0.4 is 10.1 Å². The van der Waals surface area contributed by atoms with Gasteiger partial charge in [-0.3, -0.25) is 0 Å². The number of ether oxygens (including phenoxy) is 1.